The number of primary amides is 1. The molecule has 1 aromatic heterocycles. The average molecular weight is 343 g/mol. The van der Waals surface area contributed by atoms with Gasteiger partial charge in [0.25, 0.3) is 0 Å². The molecule has 0 radical (unpaired) electrons. The second-order valence-corrected chi connectivity index (χ2v) is 8.05. The molecule has 25 heavy (non-hydrogen) atoms. The van der Waals surface area contributed by atoms with Gasteiger partial charge in [-0.3, -0.25) is 14.6 Å². The van der Waals surface area contributed by atoms with Crippen molar-refractivity contribution in [3.05, 3.63) is 23.8 Å². The number of hydrogen-bond donors (Lipinski definition) is 1. The van der Waals surface area contributed by atoms with E-state index in [1.54, 1.807) is 0 Å². The standard InChI is InChI=1S/C19H29N5O/c1-13-21-8-15(9-22-13)14-2-4-16(5-3-14)23-10-17-6-7-18(11-23)24(17)12-19(20)25/h8-9,14,16-18H,2-7,10-12H2,1H3,(H2,20,25)/t14-,16+,17?,18?. The molecule has 3 aliphatic rings. The van der Waals surface area contributed by atoms with Crippen molar-refractivity contribution in [2.45, 2.75) is 69.5 Å². The van der Waals surface area contributed by atoms with E-state index in [4.69, 9.17) is 5.73 Å². The summed E-state index contributed by atoms with van der Waals surface area (Å²) in [6.45, 7) is 4.58. The monoisotopic (exact) mass is 343 g/mol. The minimum absolute atomic E-state index is 0.189. The molecule has 1 amide bonds. The van der Waals surface area contributed by atoms with E-state index in [-0.39, 0.29) is 5.91 Å². The predicted octanol–water partition coefficient (Wildman–Crippen LogP) is 1.45. The highest BCUT2D eigenvalue weighted by atomic mass is 16.1. The van der Waals surface area contributed by atoms with Crippen molar-refractivity contribution in [2.75, 3.05) is 19.6 Å². The molecular formula is C19H29N5O. The third-order valence-corrected chi connectivity index (χ3v) is 6.49. The van der Waals surface area contributed by atoms with Crippen LogP contribution < -0.4 is 5.73 Å². The summed E-state index contributed by atoms with van der Waals surface area (Å²) in [6, 6.07) is 1.74. The molecule has 1 saturated carbocycles. The number of amides is 1. The summed E-state index contributed by atoms with van der Waals surface area (Å²) in [4.78, 5) is 25.1. The van der Waals surface area contributed by atoms with Crippen LogP contribution in [0.2, 0.25) is 0 Å². The Kier molecular flexibility index (Phi) is 4.73. The molecule has 2 atom stereocenters. The molecule has 3 fully saturated rings. The molecule has 6 nitrogen and oxygen atoms in total. The average Bonchev–Trinajstić information content (AvgIpc) is 2.83. The normalized spacial score (nSPS) is 33.5. The van der Waals surface area contributed by atoms with Crippen molar-refractivity contribution in [3.63, 3.8) is 0 Å². The van der Waals surface area contributed by atoms with Crippen LogP contribution in [0.1, 0.15) is 55.8 Å². The fourth-order valence-electron chi connectivity index (χ4n) is 5.15. The van der Waals surface area contributed by atoms with Crippen LogP contribution in [0.4, 0.5) is 0 Å². The van der Waals surface area contributed by atoms with E-state index >= 15 is 0 Å². The van der Waals surface area contributed by atoms with Crippen LogP contribution in [0.15, 0.2) is 12.4 Å². The highest BCUT2D eigenvalue weighted by Crippen LogP contribution is 2.37. The van der Waals surface area contributed by atoms with E-state index in [2.05, 4.69) is 19.8 Å². The summed E-state index contributed by atoms with van der Waals surface area (Å²) in [6.07, 6.45) is 11.4. The number of nitrogens with two attached hydrogens (primary N) is 1. The third kappa shape index (κ3) is 3.55. The second kappa shape index (κ2) is 7.00. The maximum atomic E-state index is 11.3. The molecule has 6 heteroatoms. The SMILES string of the molecule is Cc1ncc([C@H]2CC[C@@H](N3CC4CCC(C3)N4CC(N)=O)CC2)cn1. The number of aryl methyl sites for hydroxylation is 1. The van der Waals surface area contributed by atoms with Crippen LogP contribution in [0.25, 0.3) is 0 Å². The molecule has 2 aliphatic heterocycles. The number of carbonyl (C=O) groups is 1. The van der Waals surface area contributed by atoms with Crippen molar-refractivity contribution in [3.8, 4) is 0 Å². The van der Waals surface area contributed by atoms with E-state index in [9.17, 15) is 4.79 Å². The van der Waals surface area contributed by atoms with Crippen molar-refractivity contribution >= 4 is 5.91 Å². The van der Waals surface area contributed by atoms with E-state index in [1.807, 2.05) is 19.3 Å². The van der Waals surface area contributed by atoms with Gasteiger partial charge in [-0.1, -0.05) is 0 Å². The number of fused-ring (bicyclic) bond motifs is 2. The molecule has 0 aromatic carbocycles. The topological polar surface area (TPSA) is 75.3 Å². The largest absolute Gasteiger partial charge is 0.369 e. The summed E-state index contributed by atoms with van der Waals surface area (Å²) in [7, 11) is 0. The van der Waals surface area contributed by atoms with Gasteiger partial charge in [0.05, 0.1) is 6.54 Å². The van der Waals surface area contributed by atoms with Crippen LogP contribution >= 0.6 is 0 Å². The lowest BCUT2D eigenvalue weighted by Crippen LogP contribution is -2.58. The predicted molar refractivity (Wildman–Crippen MR) is 96.0 cm³/mol. The molecule has 2 unspecified atom stereocenters. The zero-order chi connectivity index (χ0) is 17.4. The van der Waals surface area contributed by atoms with Gasteiger partial charge in [-0.25, -0.2) is 9.97 Å². The van der Waals surface area contributed by atoms with Gasteiger partial charge in [-0.15, -0.1) is 0 Å². The van der Waals surface area contributed by atoms with Crippen LogP contribution in [-0.4, -0.2) is 63.4 Å². The van der Waals surface area contributed by atoms with E-state index in [1.165, 1.54) is 44.1 Å². The Morgan fingerprint density at radius 2 is 1.60 bits per heavy atom. The second-order valence-electron chi connectivity index (χ2n) is 8.05. The van der Waals surface area contributed by atoms with Gasteiger partial charge < -0.3 is 5.73 Å². The first-order valence-electron chi connectivity index (χ1n) is 9.67. The van der Waals surface area contributed by atoms with Gasteiger partial charge in [-0.05, 0) is 56.9 Å². The molecule has 0 spiro atoms. The zero-order valence-corrected chi connectivity index (χ0v) is 15.1. The Morgan fingerprint density at radius 1 is 1.04 bits per heavy atom. The lowest BCUT2D eigenvalue weighted by Gasteiger charge is -2.45. The minimum Gasteiger partial charge on any atom is -0.369 e. The summed E-state index contributed by atoms with van der Waals surface area (Å²) in [5, 5.41) is 0. The fraction of sp³-hybridized carbons (Fsp3) is 0.737. The number of carbonyl (C=O) groups excluding carboxylic acids is 1. The number of likely N-dealkylation sites (tertiary alicyclic amines) is 1. The fourth-order valence-corrected chi connectivity index (χ4v) is 5.15. The van der Waals surface area contributed by atoms with Crippen LogP contribution in [0, 0.1) is 6.92 Å². The lowest BCUT2D eigenvalue weighted by atomic mass is 9.82. The molecule has 2 bridgehead atoms. The van der Waals surface area contributed by atoms with Gasteiger partial charge in [0.1, 0.15) is 5.82 Å². The van der Waals surface area contributed by atoms with Crippen LogP contribution in [0.5, 0.6) is 0 Å². The van der Waals surface area contributed by atoms with Crippen molar-refractivity contribution in [1.29, 1.82) is 0 Å². The number of piperazine rings is 1. The highest BCUT2D eigenvalue weighted by molar-refractivity contribution is 5.76. The summed E-state index contributed by atoms with van der Waals surface area (Å²) in [5.74, 6) is 1.28. The Balaban J connectivity index is 1.33. The van der Waals surface area contributed by atoms with Crippen molar-refractivity contribution in [2.24, 2.45) is 5.73 Å². The Hall–Kier alpha value is -1.53. The molecule has 1 aliphatic carbocycles. The number of hydrogen-bond acceptors (Lipinski definition) is 5. The maximum absolute atomic E-state index is 11.3. The smallest absolute Gasteiger partial charge is 0.231 e. The number of aromatic nitrogens is 2. The van der Waals surface area contributed by atoms with Crippen molar-refractivity contribution < 1.29 is 4.79 Å². The van der Waals surface area contributed by atoms with Gasteiger partial charge in [0.15, 0.2) is 0 Å². The van der Waals surface area contributed by atoms with Crippen LogP contribution in [-0.2, 0) is 4.79 Å². The highest BCUT2D eigenvalue weighted by Gasteiger charge is 2.42. The third-order valence-electron chi connectivity index (χ3n) is 6.49. The summed E-state index contributed by atoms with van der Waals surface area (Å²) >= 11 is 0. The number of nitrogens with zero attached hydrogens (tertiary/aromatic N) is 4. The quantitative estimate of drug-likeness (QED) is 0.895. The first-order valence-corrected chi connectivity index (χ1v) is 9.67. The van der Waals surface area contributed by atoms with Gasteiger partial charge in [0, 0.05) is 43.6 Å². The first kappa shape index (κ1) is 16.9. The number of rotatable bonds is 4. The van der Waals surface area contributed by atoms with Gasteiger partial charge in [-0.2, -0.15) is 0 Å². The molecule has 4 rings (SSSR count). The lowest BCUT2D eigenvalue weighted by molar-refractivity contribution is -0.120. The molecule has 1 aromatic rings. The molecular weight excluding hydrogens is 314 g/mol. The minimum atomic E-state index is -0.189. The summed E-state index contributed by atoms with van der Waals surface area (Å²) in [5.41, 5.74) is 6.73. The Bertz CT molecular complexity index is 597. The van der Waals surface area contributed by atoms with Gasteiger partial charge >= 0.3 is 0 Å². The van der Waals surface area contributed by atoms with Crippen LogP contribution in [0.3, 0.4) is 0 Å². The summed E-state index contributed by atoms with van der Waals surface area (Å²) < 4.78 is 0. The molecule has 2 N–H and O–H groups in total. The van der Waals surface area contributed by atoms with E-state index < -0.39 is 0 Å². The van der Waals surface area contributed by atoms with E-state index in [0.29, 0.717) is 30.6 Å². The molecule has 2 saturated heterocycles. The Morgan fingerprint density at radius 3 is 2.16 bits per heavy atom. The maximum Gasteiger partial charge on any atom is 0.231 e. The molecule has 3 heterocycles. The Labute approximate surface area is 149 Å². The van der Waals surface area contributed by atoms with Crippen molar-refractivity contribution in [1.82, 2.24) is 19.8 Å². The van der Waals surface area contributed by atoms with E-state index in [0.717, 1.165) is 18.9 Å². The zero-order valence-electron chi connectivity index (χ0n) is 15.1. The first-order chi connectivity index (χ1) is 12.1. The van der Waals surface area contributed by atoms with Gasteiger partial charge in [0.2, 0.25) is 5.91 Å². The molecule has 136 valence electrons.